The van der Waals surface area contributed by atoms with Gasteiger partial charge in [0.25, 0.3) is 0 Å². The van der Waals surface area contributed by atoms with E-state index < -0.39 is 28.6 Å². The summed E-state index contributed by atoms with van der Waals surface area (Å²) in [5.74, 6) is -3.19. The topological polar surface area (TPSA) is 63.3 Å². The predicted molar refractivity (Wildman–Crippen MR) is 51.4 cm³/mol. The minimum atomic E-state index is -1.62. The van der Waals surface area contributed by atoms with Crippen molar-refractivity contribution in [2.45, 2.75) is 19.3 Å². The van der Waals surface area contributed by atoms with Gasteiger partial charge in [0.15, 0.2) is 0 Å². The number of nitrogen functional groups attached to an aromatic ring is 1. The lowest BCUT2D eigenvalue weighted by Gasteiger charge is -2.21. The molecule has 3 N–H and O–H groups in total. The third-order valence-electron chi connectivity index (χ3n) is 2.22. The van der Waals surface area contributed by atoms with Gasteiger partial charge in [0.1, 0.15) is 11.6 Å². The van der Waals surface area contributed by atoms with Crippen LogP contribution in [0.1, 0.15) is 19.4 Å². The number of halogens is 2. The van der Waals surface area contributed by atoms with Crippen molar-refractivity contribution < 1.29 is 18.7 Å². The average Bonchev–Trinajstić information content (AvgIpc) is 2.00. The van der Waals surface area contributed by atoms with Gasteiger partial charge in [-0.3, -0.25) is 4.79 Å². The van der Waals surface area contributed by atoms with Gasteiger partial charge in [-0.05, 0) is 26.0 Å². The van der Waals surface area contributed by atoms with Gasteiger partial charge in [0.05, 0.1) is 5.41 Å². The van der Waals surface area contributed by atoms with Crippen LogP contribution in [0.3, 0.4) is 0 Å². The summed E-state index contributed by atoms with van der Waals surface area (Å²) in [6.45, 7) is 2.46. The van der Waals surface area contributed by atoms with Crippen molar-refractivity contribution in [3.8, 4) is 0 Å². The molecule has 0 atom stereocenters. The van der Waals surface area contributed by atoms with E-state index in [0.717, 1.165) is 12.1 Å². The number of carbonyl (C=O) groups is 1. The second-order valence-electron chi connectivity index (χ2n) is 3.79. The molecule has 0 spiro atoms. The van der Waals surface area contributed by atoms with E-state index in [1.54, 1.807) is 0 Å². The van der Waals surface area contributed by atoms with Gasteiger partial charge in [0, 0.05) is 11.3 Å². The molecule has 0 aromatic heterocycles. The zero-order valence-corrected chi connectivity index (χ0v) is 8.34. The quantitative estimate of drug-likeness (QED) is 0.740. The number of rotatable bonds is 2. The highest BCUT2D eigenvalue weighted by molar-refractivity contribution is 5.80. The summed E-state index contributed by atoms with van der Waals surface area (Å²) >= 11 is 0. The van der Waals surface area contributed by atoms with Gasteiger partial charge < -0.3 is 10.8 Å². The van der Waals surface area contributed by atoms with Crippen LogP contribution in [-0.4, -0.2) is 11.1 Å². The maximum atomic E-state index is 13.4. The minimum Gasteiger partial charge on any atom is -0.481 e. The van der Waals surface area contributed by atoms with Gasteiger partial charge in [-0.1, -0.05) is 0 Å². The van der Waals surface area contributed by atoms with Gasteiger partial charge in [-0.25, -0.2) is 8.78 Å². The Balaban J connectivity index is 3.44. The van der Waals surface area contributed by atoms with Crippen LogP contribution in [0.25, 0.3) is 0 Å². The Labute approximate surface area is 85.5 Å². The molecule has 0 bridgehead atoms. The maximum absolute atomic E-state index is 13.4. The molecule has 0 aliphatic heterocycles. The third kappa shape index (κ3) is 1.91. The fourth-order valence-corrected chi connectivity index (χ4v) is 1.30. The molecule has 0 aliphatic carbocycles. The highest BCUT2D eigenvalue weighted by Gasteiger charge is 2.35. The van der Waals surface area contributed by atoms with E-state index in [1.807, 2.05) is 0 Å². The molecule has 1 rings (SSSR count). The first kappa shape index (κ1) is 11.4. The molecule has 0 aliphatic rings. The number of benzene rings is 1. The Bertz CT molecular complexity index is 393. The number of carboxylic acid groups (broad SMARTS) is 1. The summed E-state index contributed by atoms with van der Waals surface area (Å²) in [6.07, 6.45) is 0. The van der Waals surface area contributed by atoms with E-state index in [0.29, 0.717) is 0 Å². The Morgan fingerprint density at radius 1 is 1.33 bits per heavy atom. The fraction of sp³-hybridized carbons (Fsp3) is 0.300. The van der Waals surface area contributed by atoms with Crippen molar-refractivity contribution in [2.24, 2.45) is 0 Å². The van der Waals surface area contributed by atoms with Gasteiger partial charge in [-0.15, -0.1) is 0 Å². The van der Waals surface area contributed by atoms with Crippen LogP contribution in [0.4, 0.5) is 14.5 Å². The third-order valence-corrected chi connectivity index (χ3v) is 2.22. The van der Waals surface area contributed by atoms with Crippen molar-refractivity contribution in [3.63, 3.8) is 0 Å². The number of aliphatic carboxylic acids is 1. The zero-order valence-electron chi connectivity index (χ0n) is 8.34. The van der Waals surface area contributed by atoms with Gasteiger partial charge in [-0.2, -0.15) is 0 Å². The first-order valence-corrected chi connectivity index (χ1v) is 4.25. The summed E-state index contributed by atoms with van der Waals surface area (Å²) < 4.78 is 26.8. The van der Waals surface area contributed by atoms with E-state index in [4.69, 9.17) is 10.8 Å². The molecule has 15 heavy (non-hydrogen) atoms. The fourth-order valence-electron chi connectivity index (χ4n) is 1.30. The maximum Gasteiger partial charge on any atom is 0.313 e. The van der Waals surface area contributed by atoms with E-state index in [1.165, 1.54) is 13.8 Å². The highest BCUT2D eigenvalue weighted by atomic mass is 19.1. The van der Waals surface area contributed by atoms with Crippen molar-refractivity contribution in [2.75, 3.05) is 5.73 Å². The van der Waals surface area contributed by atoms with E-state index in [-0.39, 0.29) is 5.69 Å². The summed E-state index contributed by atoms with van der Waals surface area (Å²) in [5.41, 5.74) is 3.04. The number of anilines is 1. The van der Waals surface area contributed by atoms with Crippen LogP contribution in [0.2, 0.25) is 0 Å². The van der Waals surface area contributed by atoms with Crippen molar-refractivity contribution >= 4 is 11.7 Å². The molecule has 0 saturated carbocycles. The Kier molecular flexibility index (Phi) is 2.66. The van der Waals surface area contributed by atoms with Crippen molar-refractivity contribution in [1.82, 2.24) is 0 Å². The first-order valence-electron chi connectivity index (χ1n) is 4.25. The van der Waals surface area contributed by atoms with Crippen LogP contribution in [-0.2, 0) is 10.2 Å². The van der Waals surface area contributed by atoms with E-state index >= 15 is 0 Å². The first-order chi connectivity index (χ1) is 6.76. The lowest BCUT2D eigenvalue weighted by atomic mass is 9.84. The largest absolute Gasteiger partial charge is 0.481 e. The molecule has 1 aromatic rings. The van der Waals surface area contributed by atoms with Crippen LogP contribution in [0.5, 0.6) is 0 Å². The number of nitrogens with two attached hydrogens (primary N) is 1. The molecule has 0 radical (unpaired) electrons. The lowest BCUT2D eigenvalue weighted by molar-refractivity contribution is -0.142. The summed E-state index contributed by atoms with van der Waals surface area (Å²) in [5, 5.41) is 8.85. The molecule has 0 amide bonds. The van der Waals surface area contributed by atoms with Crippen LogP contribution >= 0.6 is 0 Å². The molecule has 0 unspecified atom stereocenters. The second kappa shape index (κ2) is 3.49. The molecule has 1 aromatic carbocycles. The van der Waals surface area contributed by atoms with Crippen molar-refractivity contribution in [1.29, 1.82) is 0 Å². The SMILES string of the molecule is CC(C)(C(=O)O)c1c(F)cc(N)cc1F. The predicted octanol–water partition coefficient (Wildman–Crippen LogP) is 1.91. The highest BCUT2D eigenvalue weighted by Crippen LogP contribution is 2.30. The van der Waals surface area contributed by atoms with Crippen molar-refractivity contribution in [3.05, 3.63) is 29.3 Å². The van der Waals surface area contributed by atoms with E-state index in [2.05, 4.69) is 0 Å². The smallest absolute Gasteiger partial charge is 0.313 e. The normalized spacial score (nSPS) is 11.5. The Morgan fingerprint density at radius 3 is 2.07 bits per heavy atom. The molecule has 5 heteroatoms. The standard InChI is InChI=1S/C10H11F2NO2/c1-10(2,9(14)15)8-6(11)3-5(13)4-7(8)12/h3-4H,13H2,1-2H3,(H,14,15). The lowest BCUT2D eigenvalue weighted by Crippen LogP contribution is -2.31. The summed E-state index contributed by atoms with van der Waals surface area (Å²) in [7, 11) is 0. The van der Waals surface area contributed by atoms with E-state index in [9.17, 15) is 13.6 Å². The Hall–Kier alpha value is -1.65. The number of hydrogen-bond donors (Lipinski definition) is 2. The zero-order chi connectivity index (χ0) is 11.8. The van der Waals surface area contributed by atoms with Gasteiger partial charge >= 0.3 is 5.97 Å². The summed E-state index contributed by atoms with van der Waals surface area (Å²) in [4.78, 5) is 10.8. The molecular formula is C10H11F2NO2. The van der Waals surface area contributed by atoms with Crippen LogP contribution in [0.15, 0.2) is 12.1 Å². The van der Waals surface area contributed by atoms with Crippen LogP contribution < -0.4 is 5.73 Å². The molecule has 82 valence electrons. The molecule has 0 fully saturated rings. The molecule has 0 heterocycles. The number of hydrogen-bond acceptors (Lipinski definition) is 2. The molecular weight excluding hydrogens is 204 g/mol. The number of carboxylic acids is 1. The monoisotopic (exact) mass is 215 g/mol. The van der Waals surface area contributed by atoms with Crippen LogP contribution in [0, 0.1) is 11.6 Å². The molecule has 0 saturated heterocycles. The van der Waals surface area contributed by atoms with Gasteiger partial charge in [0.2, 0.25) is 0 Å². The second-order valence-corrected chi connectivity index (χ2v) is 3.79. The summed E-state index contributed by atoms with van der Waals surface area (Å²) in [6, 6.07) is 1.81. The minimum absolute atomic E-state index is 0.0741. The molecule has 3 nitrogen and oxygen atoms in total. The Morgan fingerprint density at radius 2 is 1.73 bits per heavy atom. The average molecular weight is 215 g/mol.